The van der Waals surface area contributed by atoms with Gasteiger partial charge < -0.3 is 77.4 Å². The Morgan fingerprint density at radius 2 is 0.766 bits per heavy atom. The van der Waals surface area contributed by atoms with Gasteiger partial charge in [-0.25, -0.2) is 0 Å². The van der Waals surface area contributed by atoms with Crippen LogP contribution in [0.15, 0.2) is 127 Å². The van der Waals surface area contributed by atoms with Gasteiger partial charge in [0.15, 0.2) is 0 Å². The number of para-hydroxylation sites is 1. The van der Waals surface area contributed by atoms with E-state index in [4.69, 9.17) is 127 Å². The molecule has 0 aliphatic carbocycles. The fourth-order valence-electron chi connectivity index (χ4n) is 12.1. The number of piperidine rings is 2. The lowest BCUT2D eigenvalue weighted by Crippen LogP contribution is -2.42. The van der Waals surface area contributed by atoms with Crippen molar-refractivity contribution >= 4 is 190 Å². The quantitative estimate of drug-likeness (QED) is 0.0355. The highest BCUT2D eigenvalue weighted by Crippen LogP contribution is 2.31. The molecule has 4 saturated heterocycles. The molecule has 2 unspecified atom stereocenters. The standard InChI is InChI=1S/3C14H20ClN3O.C12H16ClN3O.C12H18ClN3O.C8H11ClN2.C6H7ClN2/c1-10-3-2-6-18(8-10)9-14(19)17-13-5-4-11(16)7-12(13)15;1-10-4-2-3-7-18(10)9-14(19)17-13-6-5-11(16)8-12(13)15;15-12-9-11(16)5-6-13(12)17-14(19)10-18-7-3-1-2-4-8-18;13-10-7-9(14)3-4-11(10)15-12(17)8-16-5-1-2-6-16;1-3-16(4-2)8-12(17)15-11-6-5-9(14)7-10(11)13;1-11(2)8-4-3-6(9)5-7(8)10;7-4-2-1-3-5(8)6(4)9/h4-5,7,10H,2-3,6,8-9,16H2,1H3,(H,17,19);5-6,8,10H,2-4,7,9,16H2,1H3,(H,17,19);5-6,9H,1-4,7-8,10,16H2,(H,17,19);3-4,7H,1-2,5-6,8,14H2,(H,15,17);5-7H,3-4,8,14H2,1-2H3,(H,15,17);3-5H,10H2,1-2H3;1-3H,8-9H2. The van der Waals surface area contributed by atoms with Crippen molar-refractivity contribution in [1.29, 1.82) is 0 Å². The Labute approximate surface area is 690 Å². The van der Waals surface area contributed by atoms with E-state index in [9.17, 15) is 24.0 Å². The zero-order chi connectivity index (χ0) is 81.7. The zero-order valence-corrected chi connectivity index (χ0v) is 69.7. The summed E-state index contributed by atoms with van der Waals surface area (Å²) in [5.74, 6) is 0.496. The van der Waals surface area contributed by atoms with E-state index in [1.807, 2.05) is 49.9 Å². The molecule has 0 radical (unpaired) electrons. The Morgan fingerprint density at radius 3 is 1.12 bits per heavy atom. The molecule has 4 heterocycles. The summed E-state index contributed by atoms with van der Waals surface area (Å²) in [5.41, 5.74) is 53.3. The van der Waals surface area contributed by atoms with Crippen molar-refractivity contribution in [2.24, 2.45) is 5.92 Å². The molecule has 606 valence electrons. The van der Waals surface area contributed by atoms with Crippen LogP contribution in [0.3, 0.4) is 0 Å². The number of nitrogen functional groups attached to an aromatic ring is 8. The summed E-state index contributed by atoms with van der Waals surface area (Å²) in [6.07, 6.45) is 13.2. The largest absolute Gasteiger partial charge is 0.399 e. The van der Waals surface area contributed by atoms with Gasteiger partial charge in [-0.05, 0) is 238 Å². The van der Waals surface area contributed by atoms with Gasteiger partial charge in [0.25, 0.3) is 0 Å². The number of nitrogens with zero attached hydrogens (tertiary/aromatic N) is 6. The average molecular weight is 1670 g/mol. The molecule has 11 rings (SSSR count). The molecule has 0 saturated carbocycles. The fourth-order valence-corrected chi connectivity index (χ4v) is 13.6. The summed E-state index contributed by atoms with van der Waals surface area (Å²) in [7, 11) is 3.89. The Balaban J connectivity index is 0.000000234. The van der Waals surface area contributed by atoms with Crippen molar-refractivity contribution in [1.82, 2.24) is 24.5 Å². The van der Waals surface area contributed by atoms with E-state index in [2.05, 4.69) is 60.0 Å². The molecule has 4 fully saturated rings. The SMILES string of the molecule is CC1CCCCN1CC(=O)Nc1ccc(N)cc1Cl.CC1CCCN(CC(=O)Nc2ccc(N)cc2Cl)C1.CCN(CC)CC(=O)Nc1ccc(N)cc1Cl.CN(C)c1ccc(Cl)cc1N.Nc1ccc(NC(=O)CN2CCCC2)c(Cl)c1.Nc1ccc(NC(=O)CN2CCCCCC2)c(Cl)c1.Nc1cccc(Cl)c1N. The molecule has 24 nitrogen and oxygen atoms in total. The molecule has 111 heavy (non-hydrogen) atoms. The Kier molecular flexibility index (Phi) is 41.6. The molecule has 0 bridgehead atoms. The summed E-state index contributed by atoms with van der Waals surface area (Å²) < 4.78 is 0. The molecule has 4 aliphatic heterocycles. The van der Waals surface area contributed by atoms with E-state index in [1.165, 1.54) is 57.8 Å². The van der Waals surface area contributed by atoms with Gasteiger partial charge in [0, 0.05) is 60.1 Å². The summed E-state index contributed by atoms with van der Waals surface area (Å²) in [4.78, 5) is 72.2. The summed E-state index contributed by atoms with van der Waals surface area (Å²) in [6.45, 7) is 19.2. The minimum absolute atomic E-state index is 0.0198. The van der Waals surface area contributed by atoms with Gasteiger partial charge in [0.05, 0.1) is 114 Å². The second-order valence-corrected chi connectivity index (χ2v) is 30.6. The first kappa shape index (κ1) is 93.5. The second-order valence-electron chi connectivity index (χ2n) is 27.7. The van der Waals surface area contributed by atoms with E-state index >= 15 is 0 Å². The van der Waals surface area contributed by atoms with Gasteiger partial charge in [-0.15, -0.1) is 0 Å². The molecular weight excluding hydrogens is 1560 g/mol. The lowest BCUT2D eigenvalue weighted by atomic mass is 10.0. The predicted octanol–water partition coefficient (Wildman–Crippen LogP) is 15.7. The highest BCUT2D eigenvalue weighted by Gasteiger charge is 2.23. The maximum Gasteiger partial charge on any atom is 0.238 e. The molecule has 2 atom stereocenters. The first-order valence-corrected chi connectivity index (χ1v) is 39.8. The number of carbonyl (C=O) groups is 5. The van der Waals surface area contributed by atoms with Crippen LogP contribution in [0, 0.1) is 5.92 Å². The van der Waals surface area contributed by atoms with E-state index in [-0.39, 0.29) is 29.5 Å². The fraction of sp³-hybridized carbons (Fsp3) is 0.412. The number of amides is 5. The Hall–Kier alpha value is -8.08. The van der Waals surface area contributed by atoms with E-state index in [0.717, 1.165) is 77.4 Å². The minimum atomic E-state index is -0.0691. The van der Waals surface area contributed by atoms with Crippen LogP contribution in [0.25, 0.3) is 0 Å². The maximum atomic E-state index is 12.0. The lowest BCUT2D eigenvalue weighted by molar-refractivity contribution is -0.118. The molecule has 0 spiro atoms. The molecule has 7 aromatic carbocycles. The molecule has 21 N–H and O–H groups in total. The molecule has 5 amide bonds. The first-order chi connectivity index (χ1) is 52.8. The van der Waals surface area contributed by atoms with Crippen LogP contribution < -0.4 is 77.4 Å². The number of rotatable bonds is 18. The first-order valence-electron chi connectivity index (χ1n) is 37.2. The van der Waals surface area contributed by atoms with Crippen LogP contribution in [-0.4, -0.2) is 166 Å². The molecular formula is C80H112Cl7N19O5. The molecule has 7 aromatic rings. The van der Waals surface area contributed by atoms with E-state index < -0.39 is 0 Å². The lowest BCUT2D eigenvalue weighted by Gasteiger charge is -2.32. The number of halogens is 7. The maximum absolute atomic E-state index is 12.0. The smallest absolute Gasteiger partial charge is 0.238 e. The third-order valence-corrected chi connectivity index (χ3v) is 20.3. The van der Waals surface area contributed by atoms with E-state index in [0.29, 0.717) is 154 Å². The van der Waals surface area contributed by atoms with Crippen molar-refractivity contribution in [3.05, 3.63) is 163 Å². The summed E-state index contributed by atoms with van der Waals surface area (Å²) >= 11 is 41.4. The topological polar surface area (TPSA) is 373 Å². The van der Waals surface area contributed by atoms with Crippen LogP contribution in [0.2, 0.25) is 35.2 Å². The summed E-state index contributed by atoms with van der Waals surface area (Å²) in [6, 6.07) is 36.5. The monoisotopic (exact) mass is 1660 g/mol. The molecule has 31 heteroatoms. The number of nitrogens with one attached hydrogen (secondary N) is 5. The highest BCUT2D eigenvalue weighted by molar-refractivity contribution is 6.36. The van der Waals surface area contributed by atoms with Crippen molar-refractivity contribution in [3.63, 3.8) is 0 Å². The number of likely N-dealkylation sites (tertiary alicyclic amines) is 4. The van der Waals surface area contributed by atoms with Crippen molar-refractivity contribution in [2.45, 2.75) is 104 Å². The van der Waals surface area contributed by atoms with Crippen molar-refractivity contribution in [3.8, 4) is 0 Å². The van der Waals surface area contributed by atoms with Gasteiger partial charge in [-0.3, -0.25) is 48.5 Å². The number of hydrogen-bond acceptors (Lipinski definition) is 19. The van der Waals surface area contributed by atoms with Crippen LogP contribution in [-0.2, 0) is 24.0 Å². The average Bonchev–Trinajstić information content (AvgIpc) is 1.89. The van der Waals surface area contributed by atoms with E-state index in [1.54, 1.807) is 115 Å². The van der Waals surface area contributed by atoms with Crippen LogP contribution in [0.1, 0.15) is 98.3 Å². The predicted molar refractivity (Wildman–Crippen MR) is 471 cm³/mol. The van der Waals surface area contributed by atoms with Crippen LogP contribution in [0.4, 0.5) is 79.6 Å². The third kappa shape index (κ3) is 35.7. The number of carbonyl (C=O) groups excluding carboxylic acids is 5. The van der Waals surface area contributed by atoms with Crippen LogP contribution >= 0.6 is 81.2 Å². The normalized spacial score (nSPS) is 15.6. The third-order valence-electron chi connectivity index (χ3n) is 18.2. The number of nitrogens with two attached hydrogens (primary N) is 8. The van der Waals surface area contributed by atoms with Gasteiger partial charge >= 0.3 is 0 Å². The van der Waals surface area contributed by atoms with Gasteiger partial charge in [0.1, 0.15) is 0 Å². The highest BCUT2D eigenvalue weighted by atomic mass is 35.5. The number of benzene rings is 7. The van der Waals surface area contributed by atoms with Gasteiger partial charge in [0.2, 0.25) is 29.5 Å². The number of anilines is 14. The second kappa shape index (κ2) is 49.4. The Morgan fingerprint density at radius 1 is 0.396 bits per heavy atom. The van der Waals surface area contributed by atoms with Crippen LogP contribution in [0.5, 0.6) is 0 Å². The number of hydrogen-bond donors (Lipinski definition) is 13. The van der Waals surface area contributed by atoms with Crippen molar-refractivity contribution < 1.29 is 24.0 Å². The Bertz CT molecular complexity index is 3940. The number of likely N-dealkylation sites (N-methyl/N-ethyl adjacent to an activating group) is 1. The molecule has 0 aromatic heterocycles. The van der Waals surface area contributed by atoms with Gasteiger partial charge in [-0.2, -0.15) is 0 Å². The van der Waals surface area contributed by atoms with Gasteiger partial charge in [-0.1, -0.05) is 127 Å². The zero-order valence-electron chi connectivity index (χ0n) is 64.4. The van der Waals surface area contributed by atoms with Crippen molar-refractivity contribution in [2.75, 3.05) is 183 Å². The molecule has 4 aliphatic rings. The minimum Gasteiger partial charge on any atom is -0.399 e. The summed E-state index contributed by atoms with van der Waals surface area (Å²) in [5, 5.41) is 17.6.